The van der Waals surface area contributed by atoms with Crippen molar-refractivity contribution in [2.24, 2.45) is 5.73 Å². The molecule has 2 N–H and O–H groups in total. The molecule has 1 unspecified atom stereocenters. The van der Waals surface area contributed by atoms with Crippen molar-refractivity contribution in [3.05, 3.63) is 0 Å². The molecule has 0 aliphatic heterocycles. The van der Waals surface area contributed by atoms with E-state index in [9.17, 15) is 9.59 Å². The first kappa shape index (κ1) is 15.8. The van der Waals surface area contributed by atoms with Crippen LogP contribution in [-0.4, -0.2) is 24.9 Å². The van der Waals surface area contributed by atoms with Gasteiger partial charge < -0.3 is 10.5 Å². The predicted octanol–water partition coefficient (Wildman–Crippen LogP) is 1.06. The number of ketones is 1. The summed E-state index contributed by atoms with van der Waals surface area (Å²) >= 11 is 0. The molecule has 0 aromatic heterocycles. The van der Waals surface area contributed by atoms with Crippen molar-refractivity contribution in [3.63, 3.8) is 0 Å². The summed E-state index contributed by atoms with van der Waals surface area (Å²) in [4.78, 5) is 22.0. The lowest BCUT2D eigenvalue weighted by Crippen LogP contribution is -2.39. The largest absolute Gasteiger partial charge is 0.468 e. The third-order valence-electron chi connectivity index (χ3n) is 1.83. The van der Waals surface area contributed by atoms with Crippen molar-refractivity contribution in [2.45, 2.75) is 38.6 Å². The van der Waals surface area contributed by atoms with E-state index in [0.29, 0.717) is 6.42 Å². The molecule has 0 bridgehead atoms. The minimum Gasteiger partial charge on any atom is -0.468 e. The van der Waals surface area contributed by atoms with Gasteiger partial charge in [-0.15, -0.1) is 12.4 Å². The number of ether oxygens (including phenoxy) is 1. The monoisotopic (exact) mass is 223 g/mol. The van der Waals surface area contributed by atoms with Crippen LogP contribution in [0.2, 0.25) is 0 Å². The minimum absolute atomic E-state index is 0. The number of nitrogens with two attached hydrogens (primary N) is 1. The maximum absolute atomic E-state index is 11.2. The van der Waals surface area contributed by atoms with Crippen LogP contribution in [-0.2, 0) is 14.3 Å². The molecule has 0 saturated heterocycles. The van der Waals surface area contributed by atoms with Crippen molar-refractivity contribution in [1.29, 1.82) is 0 Å². The van der Waals surface area contributed by atoms with Crippen LogP contribution < -0.4 is 5.73 Å². The average Bonchev–Trinajstić information content (AvgIpc) is 2.15. The molecule has 5 heteroatoms. The quantitative estimate of drug-likeness (QED) is 0.415. The van der Waals surface area contributed by atoms with Gasteiger partial charge in [0.1, 0.15) is 0 Å². The smallest absolute Gasteiger partial charge is 0.330 e. The number of methoxy groups -OCH3 is 1. The maximum atomic E-state index is 11.2. The molecule has 0 radical (unpaired) electrons. The fourth-order valence-electron chi connectivity index (χ4n) is 0.963. The third kappa shape index (κ3) is 5.94. The molecular formula is C9H18ClNO3. The number of halogens is 1. The van der Waals surface area contributed by atoms with Crippen LogP contribution in [0, 0.1) is 0 Å². The Hall–Kier alpha value is -0.610. The van der Waals surface area contributed by atoms with Gasteiger partial charge in [0.05, 0.1) is 7.11 Å². The number of rotatable bonds is 6. The minimum atomic E-state index is -1.10. The third-order valence-corrected chi connectivity index (χ3v) is 1.83. The number of esters is 1. The number of Topliss-reactive ketones (excluding diaryl/α,β-unsaturated/α-hetero) is 1. The van der Waals surface area contributed by atoms with E-state index in [1.165, 1.54) is 7.11 Å². The van der Waals surface area contributed by atoms with Gasteiger partial charge in [-0.2, -0.15) is 0 Å². The van der Waals surface area contributed by atoms with E-state index >= 15 is 0 Å². The highest BCUT2D eigenvalue weighted by molar-refractivity contribution is 6.02. The van der Waals surface area contributed by atoms with Crippen LogP contribution in [0.5, 0.6) is 0 Å². The Morgan fingerprint density at radius 3 is 2.36 bits per heavy atom. The first-order valence-corrected chi connectivity index (χ1v) is 4.49. The molecule has 1 atom stereocenters. The van der Waals surface area contributed by atoms with Crippen LogP contribution >= 0.6 is 12.4 Å². The summed E-state index contributed by atoms with van der Waals surface area (Å²) in [5.74, 6) is -0.887. The molecule has 0 aromatic rings. The van der Waals surface area contributed by atoms with Gasteiger partial charge in [0.2, 0.25) is 0 Å². The molecule has 0 spiro atoms. The molecule has 84 valence electrons. The van der Waals surface area contributed by atoms with Gasteiger partial charge in [-0.05, 0) is 6.42 Å². The molecule has 0 saturated carbocycles. The Morgan fingerprint density at radius 2 is 1.93 bits per heavy atom. The number of carbonyl (C=O) groups excluding carboxylic acids is 2. The number of hydrogen-bond acceptors (Lipinski definition) is 4. The summed E-state index contributed by atoms with van der Waals surface area (Å²) in [7, 11) is 1.22. The van der Waals surface area contributed by atoms with Gasteiger partial charge in [0.25, 0.3) is 0 Å². The molecule has 14 heavy (non-hydrogen) atoms. The van der Waals surface area contributed by atoms with Crippen molar-refractivity contribution in [1.82, 2.24) is 0 Å². The van der Waals surface area contributed by atoms with Gasteiger partial charge in [0, 0.05) is 6.42 Å². The fourth-order valence-corrected chi connectivity index (χ4v) is 0.963. The van der Waals surface area contributed by atoms with Gasteiger partial charge >= 0.3 is 5.97 Å². The van der Waals surface area contributed by atoms with Gasteiger partial charge in [-0.1, -0.05) is 19.8 Å². The second-order valence-corrected chi connectivity index (χ2v) is 2.92. The van der Waals surface area contributed by atoms with E-state index < -0.39 is 12.0 Å². The van der Waals surface area contributed by atoms with Crippen LogP contribution in [0.1, 0.15) is 32.6 Å². The van der Waals surface area contributed by atoms with Crippen molar-refractivity contribution >= 4 is 24.2 Å². The molecule has 0 rings (SSSR count). The fraction of sp³-hybridized carbons (Fsp3) is 0.778. The first-order valence-electron chi connectivity index (χ1n) is 4.49. The van der Waals surface area contributed by atoms with Crippen LogP contribution in [0.15, 0.2) is 0 Å². The van der Waals surface area contributed by atoms with E-state index in [4.69, 9.17) is 5.73 Å². The van der Waals surface area contributed by atoms with Crippen molar-refractivity contribution in [3.8, 4) is 0 Å². The Morgan fingerprint density at radius 1 is 1.36 bits per heavy atom. The molecule has 0 aliphatic carbocycles. The summed E-state index contributed by atoms with van der Waals surface area (Å²) in [6, 6.07) is -1.10. The average molecular weight is 224 g/mol. The summed E-state index contributed by atoms with van der Waals surface area (Å²) in [6.45, 7) is 2.05. The molecule has 4 nitrogen and oxygen atoms in total. The Kier molecular flexibility index (Phi) is 10.1. The topological polar surface area (TPSA) is 69.4 Å². The predicted molar refractivity (Wildman–Crippen MR) is 56.4 cm³/mol. The molecule has 0 amide bonds. The number of carbonyl (C=O) groups is 2. The maximum Gasteiger partial charge on any atom is 0.330 e. The Balaban J connectivity index is 0. The SMILES string of the molecule is CCCCCC(=O)C(N)C(=O)OC.Cl. The number of hydrogen-bond donors (Lipinski definition) is 1. The lowest BCUT2D eigenvalue weighted by molar-refractivity contribution is -0.145. The molecule has 0 aromatic carbocycles. The summed E-state index contributed by atoms with van der Waals surface area (Å²) in [5, 5.41) is 0. The first-order chi connectivity index (χ1) is 6.13. The van der Waals surface area contributed by atoms with Gasteiger partial charge in [0.15, 0.2) is 11.8 Å². The van der Waals surface area contributed by atoms with E-state index in [-0.39, 0.29) is 18.2 Å². The summed E-state index contributed by atoms with van der Waals surface area (Å²) in [6.07, 6.45) is 3.19. The van der Waals surface area contributed by atoms with Gasteiger partial charge in [-0.3, -0.25) is 4.79 Å². The molecule has 0 fully saturated rings. The van der Waals surface area contributed by atoms with Crippen LogP contribution in [0.25, 0.3) is 0 Å². The van der Waals surface area contributed by atoms with E-state index in [2.05, 4.69) is 4.74 Å². The molecule has 0 aliphatic rings. The second kappa shape index (κ2) is 8.97. The molecule has 0 heterocycles. The van der Waals surface area contributed by atoms with E-state index in [1.807, 2.05) is 6.92 Å². The Labute approximate surface area is 90.6 Å². The highest BCUT2D eigenvalue weighted by Gasteiger charge is 2.21. The standard InChI is InChI=1S/C9H17NO3.ClH/c1-3-4-5-6-7(11)8(10)9(12)13-2;/h8H,3-6,10H2,1-2H3;1H. The zero-order chi connectivity index (χ0) is 10.3. The van der Waals surface area contributed by atoms with Crippen LogP contribution in [0.4, 0.5) is 0 Å². The summed E-state index contributed by atoms with van der Waals surface area (Å²) < 4.78 is 4.35. The Bertz CT molecular complexity index is 185. The van der Waals surface area contributed by atoms with E-state index in [1.54, 1.807) is 0 Å². The zero-order valence-corrected chi connectivity index (χ0v) is 9.43. The molecular weight excluding hydrogens is 206 g/mol. The highest BCUT2D eigenvalue weighted by atomic mass is 35.5. The summed E-state index contributed by atoms with van der Waals surface area (Å²) in [5.41, 5.74) is 5.33. The lowest BCUT2D eigenvalue weighted by Gasteiger charge is -2.07. The highest BCUT2D eigenvalue weighted by Crippen LogP contribution is 2.01. The van der Waals surface area contributed by atoms with Gasteiger partial charge in [-0.25, -0.2) is 4.79 Å². The zero-order valence-electron chi connectivity index (χ0n) is 8.62. The van der Waals surface area contributed by atoms with Crippen molar-refractivity contribution < 1.29 is 14.3 Å². The lowest BCUT2D eigenvalue weighted by atomic mass is 10.1. The van der Waals surface area contributed by atoms with Crippen LogP contribution in [0.3, 0.4) is 0 Å². The number of unbranched alkanes of at least 4 members (excludes halogenated alkanes) is 2. The van der Waals surface area contributed by atoms with E-state index in [0.717, 1.165) is 19.3 Å². The second-order valence-electron chi connectivity index (χ2n) is 2.92. The van der Waals surface area contributed by atoms with Crippen molar-refractivity contribution in [2.75, 3.05) is 7.11 Å². The normalized spacial score (nSPS) is 11.4.